The quantitative estimate of drug-likeness (QED) is 0.485. The summed E-state index contributed by atoms with van der Waals surface area (Å²) in [4.78, 5) is 13.8. The largest absolute Gasteiger partial charge is 0.455 e. The van der Waals surface area contributed by atoms with Gasteiger partial charge in [0.15, 0.2) is 5.76 Å². The first-order chi connectivity index (χ1) is 8.65. The van der Waals surface area contributed by atoms with Crippen LogP contribution in [-0.4, -0.2) is 22.9 Å². The van der Waals surface area contributed by atoms with Gasteiger partial charge in [-0.05, 0) is 38.3 Å². The molecule has 1 fully saturated rings. The lowest BCUT2D eigenvalue weighted by Gasteiger charge is -2.26. The minimum Gasteiger partial charge on any atom is -0.455 e. The maximum Gasteiger partial charge on any atom is 0.300 e. The summed E-state index contributed by atoms with van der Waals surface area (Å²) in [6, 6.07) is 4.71. The molecule has 2 atom stereocenters. The van der Waals surface area contributed by atoms with Crippen molar-refractivity contribution in [1.82, 2.24) is 10.3 Å². The Balaban J connectivity index is 2.04. The van der Waals surface area contributed by atoms with E-state index >= 15 is 0 Å². The Labute approximate surface area is 107 Å². The van der Waals surface area contributed by atoms with Gasteiger partial charge in [-0.1, -0.05) is 6.92 Å². The fraction of sp³-hybridized carbons (Fsp3) is 0.615. The molecule has 1 amide bonds. The van der Waals surface area contributed by atoms with Gasteiger partial charge in [-0.3, -0.25) is 15.1 Å². The Morgan fingerprint density at radius 2 is 2.33 bits per heavy atom. The molecule has 1 aromatic heterocycles. The molecule has 3 N–H and O–H groups in total. The van der Waals surface area contributed by atoms with Gasteiger partial charge in [-0.2, -0.15) is 0 Å². The molecule has 5 heteroatoms. The number of hydrazine groups is 1. The van der Waals surface area contributed by atoms with Gasteiger partial charge < -0.3 is 4.42 Å². The summed E-state index contributed by atoms with van der Waals surface area (Å²) in [6.07, 6.45) is 3.63. The fourth-order valence-corrected chi connectivity index (χ4v) is 2.68. The van der Waals surface area contributed by atoms with Crippen LogP contribution in [0.15, 0.2) is 16.5 Å². The number of amides is 1. The Kier molecular flexibility index (Phi) is 4.04. The summed E-state index contributed by atoms with van der Waals surface area (Å²) in [5.41, 5.74) is 2.07. The molecular weight excluding hydrogens is 230 g/mol. The summed E-state index contributed by atoms with van der Waals surface area (Å²) < 4.78 is 5.51. The van der Waals surface area contributed by atoms with Gasteiger partial charge in [0.05, 0.1) is 6.54 Å². The Morgan fingerprint density at radius 3 is 3.00 bits per heavy atom. The van der Waals surface area contributed by atoms with Crippen LogP contribution in [0.4, 0.5) is 0 Å². The Morgan fingerprint density at radius 1 is 1.56 bits per heavy atom. The van der Waals surface area contributed by atoms with E-state index in [0.29, 0.717) is 12.1 Å². The van der Waals surface area contributed by atoms with Crippen molar-refractivity contribution in [3.8, 4) is 0 Å². The van der Waals surface area contributed by atoms with E-state index in [2.05, 4.69) is 24.2 Å². The van der Waals surface area contributed by atoms with Gasteiger partial charge in [0, 0.05) is 12.1 Å². The van der Waals surface area contributed by atoms with Crippen LogP contribution >= 0.6 is 0 Å². The number of carbonyl (C=O) groups excluding carboxylic acids is 1. The second kappa shape index (κ2) is 5.54. The maximum atomic E-state index is 11.3. The van der Waals surface area contributed by atoms with Crippen LogP contribution in [0.2, 0.25) is 0 Å². The first kappa shape index (κ1) is 13.1. The number of likely N-dealkylation sites (tertiary alicyclic amines) is 1. The molecule has 2 unspecified atom stereocenters. The van der Waals surface area contributed by atoms with E-state index in [1.54, 1.807) is 6.07 Å². The summed E-state index contributed by atoms with van der Waals surface area (Å²) in [7, 11) is 0. The van der Waals surface area contributed by atoms with E-state index < -0.39 is 0 Å². The van der Waals surface area contributed by atoms with Gasteiger partial charge in [-0.25, -0.2) is 5.84 Å². The van der Waals surface area contributed by atoms with Crippen molar-refractivity contribution in [3.63, 3.8) is 0 Å². The van der Waals surface area contributed by atoms with E-state index in [0.717, 1.165) is 18.7 Å². The van der Waals surface area contributed by atoms with E-state index in [4.69, 9.17) is 10.3 Å². The van der Waals surface area contributed by atoms with Crippen LogP contribution < -0.4 is 11.3 Å². The minimum absolute atomic E-state index is 0.271. The molecule has 1 aromatic rings. The van der Waals surface area contributed by atoms with Crippen LogP contribution in [0.5, 0.6) is 0 Å². The molecule has 1 saturated heterocycles. The number of hydrogen-bond donors (Lipinski definition) is 2. The molecule has 0 saturated carbocycles. The average molecular weight is 251 g/mol. The molecule has 0 radical (unpaired) electrons. The standard InChI is InChI=1S/C13H21N3O2/c1-3-10-5-4-9(2)16(10)8-11-6-7-12(18-11)13(17)15-14/h6-7,9-10H,3-5,8,14H2,1-2H3,(H,15,17). The van der Waals surface area contributed by atoms with E-state index in [1.807, 2.05) is 6.07 Å². The molecule has 18 heavy (non-hydrogen) atoms. The normalized spacial score (nSPS) is 24.4. The molecule has 2 heterocycles. The topological polar surface area (TPSA) is 71.5 Å². The van der Waals surface area contributed by atoms with Crippen molar-refractivity contribution >= 4 is 5.91 Å². The lowest BCUT2D eigenvalue weighted by Crippen LogP contribution is -2.33. The molecule has 1 aliphatic heterocycles. The highest BCUT2D eigenvalue weighted by Gasteiger charge is 2.29. The second-order valence-electron chi connectivity index (χ2n) is 4.90. The molecular formula is C13H21N3O2. The number of furan rings is 1. The van der Waals surface area contributed by atoms with E-state index in [-0.39, 0.29) is 11.7 Å². The van der Waals surface area contributed by atoms with Crippen molar-refractivity contribution in [2.75, 3.05) is 0 Å². The highest BCUT2D eigenvalue weighted by molar-refractivity contribution is 5.90. The van der Waals surface area contributed by atoms with Gasteiger partial charge in [0.1, 0.15) is 5.76 Å². The Hall–Kier alpha value is -1.33. The van der Waals surface area contributed by atoms with Gasteiger partial charge in [0.25, 0.3) is 0 Å². The number of hydrogen-bond acceptors (Lipinski definition) is 4. The van der Waals surface area contributed by atoms with Crippen molar-refractivity contribution < 1.29 is 9.21 Å². The molecule has 0 bridgehead atoms. The van der Waals surface area contributed by atoms with Crippen molar-refractivity contribution in [3.05, 3.63) is 23.7 Å². The fourth-order valence-electron chi connectivity index (χ4n) is 2.68. The number of nitrogens with one attached hydrogen (secondary N) is 1. The average Bonchev–Trinajstić information content (AvgIpc) is 2.97. The van der Waals surface area contributed by atoms with E-state index in [1.165, 1.54) is 12.8 Å². The highest BCUT2D eigenvalue weighted by Crippen LogP contribution is 2.28. The number of carbonyl (C=O) groups is 1. The van der Waals surface area contributed by atoms with Crippen LogP contribution in [0.25, 0.3) is 0 Å². The predicted molar refractivity (Wildman–Crippen MR) is 68.7 cm³/mol. The summed E-state index contributed by atoms with van der Waals surface area (Å²) in [6.45, 7) is 5.22. The molecule has 100 valence electrons. The summed E-state index contributed by atoms with van der Waals surface area (Å²) >= 11 is 0. The molecule has 2 rings (SSSR count). The summed E-state index contributed by atoms with van der Waals surface area (Å²) in [5.74, 6) is 5.78. The number of rotatable bonds is 4. The van der Waals surface area contributed by atoms with Crippen LogP contribution in [0.1, 0.15) is 49.4 Å². The summed E-state index contributed by atoms with van der Waals surface area (Å²) in [5, 5.41) is 0. The zero-order valence-electron chi connectivity index (χ0n) is 11.0. The van der Waals surface area contributed by atoms with Crippen LogP contribution in [0.3, 0.4) is 0 Å². The zero-order chi connectivity index (χ0) is 13.1. The number of nitrogens with two attached hydrogens (primary N) is 1. The lowest BCUT2D eigenvalue weighted by molar-refractivity contribution is 0.0920. The van der Waals surface area contributed by atoms with Gasteiger partial charge in [0.2, 0.25) is 0 Å². The third kappa shape index (κ3) is 2.57. The van der Waals surface area contributed by atoms with E-state index in [9.17, 15) is 4.79 Å². The third-order valence-electron chi connectivity index (χ3n) is 3.78. The SMILES string of the molecule is CCC1CCC(C)N1Cc1ccc(C(=O)NN)o1. The van der Waals surface area contributed by atoms with Crippen molar-refractivity contribution in [2.45, 2.75) is 51.7 Å². The maximum absolute atomic E-state index is 11.3. The van der Waals surface area contributed by atoms with Crippen molar-refractivity contribution in [2.24, 2.45) is 5.84 Å². The first-order valence-electron chi connectivity index (χ1n) is 6.51. The molecule has 0 aromatic carbocycles. The van der Waals surface area contributed by atoms with Crippen molar-refractivity contribution in [1.29, 1.82) is 0 Å². The van der Waals surface area contributed by atoms with Gasteiger partial charge >= 0.3 is 5.91 Å². The minimum atomic E-state index is -0.386. The molecule has 1 aliphatic rings. The first-order valence-corrected chi connectivity index (χ1v) is 6.51. The molecule has 0 aliphatic carbocycles. The van der Waals surface area contributed by atoms with Gasteiger partial charge in [-0.15, -0.1) is 0 Å². The zero-order valence-corrected chi connectivity index (χ0v) is 11.0. The predicted octanol–water partition coefficient (Wildman–Crippen LogP) is 1.65. The molecule has 5 nitrogen and oxygen atoms in total. The lowest BCUT2D eigenvalue weighted by atomic mass is 10.1. The Bertz CT molecular complexity index is 416. The smallest absolute Gasteiger partial charge is 0.300 e. The number of nitrogens with zero attached hydrogens (tertiary/aromatic N) is 1. The highest BCUT2D eigenvalue weighted by atomic mass is 16.4. The third-order valence-corrected chi connectivity index (χ3v) is 3.78. The van der Waals surface area contributed by atoms with Crippen LogP contribution in [0, 0.1) is 0 Å². The number of nitrogen functional groups attached to an aromatic ring is 1. The second-order valence-corrected chi connectivity index (χ2v) is 4.90. The monoisotopic (exact) mass is 251 g/mol. The molecule has 0 spiro atoms. The van der Waals surface area contributed by atoms with Crippen LogP contribution in [-0.2, 0) is 6.54 Å².